The first kappa shape index (κ1) is 23.7. The van der Waals surface area contributed by atoms with Crippen molar-refractivity contribution in [2.75, 3.05) is 19.5 Å². The summed E-state index contributed by atoms with van der Waals surface area (Å²) in [5.41, 5.74) is 0.263. The SMILES string of the molecule is COc1ccc(Oc2cc(Cl)c(Cl)cc2C(=O)Nc2cccc(S(N)(=O)=O)c2)c(OC)c1. The van der Waals surface area contributed by atoms with E-state index in [1.54, 1.807) is 18.2 Å². The normalized spacial score (nSPS) is 11.0. The Labute approximate surface area is 194 Å². The molecule has 0 aliphatic rings. The van der Waals surface area contributed by atoms with Crippen molar-refractivity contribution in [1.82, 2.24) is 0 Å². The zero-order valence-electron chi connectivity index (χ0n) is 16.9. The van der Waals surface area contributed by atoms with Crippen molar-refractivity contribution in [2.24, 2.45) is 5.14 Å². The van der Waals surface area contributed by atoms with Crippen molar-refractivity contribution in [1.29, 1.82) is 0 Å². The number of carbonyl (C=O) groups is 1. The number of primary sulfonamides is 1. The van der Waals surface area contributed by atoms with Crippen LogP contribution in [0.5, 0.6) is 23.0 Å². The van der Waals surface area contributed by atoms with Crippen LogP contribution >= 0.6 is 23.2 Å². The van der Waals surface area contributed by atoms with E-state index < -0.39 is 15.9 Å². The van der Waals surface area contributed by atoms with Crippen molar-refractivity contribution >= 4 is 44.8 Å². The molecule has 3 aromatic rings. The van der Waals surface area contributed by atoms with Gasteiger partial charge in [0.2, 0.25) is 10.0 Å². The zero-order chi connectivity index (χ0) is 23.5. The molecule has 168 valence electrons. The number of rotatable bonds is 7. The molecule has 0 aliphatic carbocycles. The summed E-state index contributed by atoms with van der Waals surface area (Å²) in [7, 11) is -0.963. The molecule has 3 rings (SSSR count). The van der Waals surface area contributed by atoms with Gasteiger partial charge in [0.05, 0.1) is 34.7 Å². The third kappa shape index (κ3) is 5.43. The van der Waals surface area contributed by atoms with Crippen molar-refractivity contribution in [3.63, 3.8) is 0 Å². The minimum Gasteiger partial charge on any atom is -0.497 e. The lowest BCUT2D eigenvalue weighted by molar-refractivity contribution is 0.102. The van der Waals surface area contributed by atoms with Gasteiger partial charge in [-0.2, -0.15) is 0 Å². The molecule has 0 spiro atoms. The molecule has 0 saturated carbocycles. The summed E-state index contributed by atoms with van der Waals surface area (Å²) < 4.78 is 39.6. The predicted octanol–water partition coefficient (Wildman–Crippen LogP) is 4.70. The second-order valence-electron chi connectivity index (χ2n) is 6.41. The minimum atomic E-state index is -3.94. The Morgan fingerprint density at radius 3 is 2.28 bits per heavy atom. The van der Waals surface area contributed by atoms with Gasteiger partial charge in [-0.25, -0.2) is 13.6 Å². The largest absolute Gasteiger partial charge is 0.497 e. The van der Waals surface area contributed by atoms with Gasteiger partial charge in [-0.3, -0.25) is 4.79 Å². The van der Waals surface area contributed by atoms with E-state index in [0.29, 0.717) is 17.2 Å². The average molecular weight is 497 g/mol. The fourth-order valence-corrected chi connectivity index (χ4v) is 3.59. The topological polar surface area (TPSA) is 117 Å². The van der Waals surface area contributed by atoms with Crippen LogP contribution in [0.15, 0.2) is 59.5 Å². The molecule has 0 fully saturated rings. The quantitative estimate of drug-likeness (QED) is 0.489. The Bertz CT molecular complexity index is 1280. The van der Waals surface area contributed by atoms with E-state index >= 15 is 0 Å². The highest BCUT2D eigenvalue weighted by Gasteiger charge is 2.19. The Kier molecular flexibility index (Phi) is 7.15. The van der Waals surface area contributed by atoms with Gasteiger partial charge < -0.3 is 19.5 Å². The molecule has 32 heavy (non-hydrogen) atoms. The van der Waals surface area contributed by atoms with Crippen molar-refractivity contribution in [3.05, 3.63) is 70.2 Å². The average Bonchev–Trinajstić information content (AvgIpc) is 2.75. The van der Waals surface area contributed by atoms with Crippen LogP contribution in [0.25, 0.3) is 0 Å². The number of carbonyl (C=O) groups excluding carboxylic acids is 1. The van der Waals surface area contributed by atoms with Gasteiger partial charge in [-0.1, -0.05) is 29.3 Å². The van der Waals surface area contributed by atoms with Crippen molar-refractivity contribution in [2.45, 2.75) is 4.90 Å². The van der Waals surface area contributed by atoms with Crippen molar-refractivity contribution < 1.29 is 27.4 Å². The molecular formula is C21H18Cl2N2O6S. The van der Waals surface area contributed by atoms with E-state index in [-0.39, 0.29) is 31.9 Å². The summed E-state index contributed by atoms with van der Waals surface area (Å²) >= 11 is 12.2. The molecular weight excluding hydrogens is 479 g/mol. The highest BCUT2D eigenvalue weighted by molar-refractivity contribution is 7.89. The standard InChI is InChI=1S/C21H18Cl2N2O6S/c1-29-13-6-7-18(20(9-13)30-2)31-19-11-17(23)16(22)10-15(19)21(26)25-12-4-3-5-14(8-12)32(24,27)28/h3-11H,1-2H3,(H,25,26)(H2,24,27,28). The monoisotopic (exact) mass is 496 g/mol. The number of ether oxygens (including phenoxy) is 3. The number of amides is 1. The summed E-state index contributed by atoms with van der Waals surface area (Å²) in [6.07, 6.45) is 0. The first-order chi connectivity index (χ1) is 15.1. The minimum absolute atomic E-state index is 0.0540. The molecule has 11 heteroatoms. The van der Waals surface area contributed by atoms with Gasteiger partial charge in [-0.05, 0) is 36.4 Å². The van der Waals surface area contributed by atoms with Crippen LogP contribution in [0.2, 0.25) is 10.0 Å². The zero-order valence-corrected chi connectivity index (χ0v) is 19.2. The molecule has 0 radical (unpaired) electrons. The molecule has 0 aromatic heterocycles. The number of benzene rings is 3. The van der Waals surface area contributed by atoms with E-state index in [0.717, 1.165) is 0 Å². The Morgan fingerprint density at radius 1 is 0.906 bits per heavy atom. The van der Waals surface area contributed by atoms with Gasteiger partial charge in [0.25, 0.3) is 5.91 Å². The third-order valence-electron chi connectivity index (χ3n) is 4.28. The fourth-order valence-electron chi connectivity index (χ4n) is 2.72. The lowest BCUT2D eigenvalue weighted by Gasteiger charge is -2.15. The Balaban J connectivity index is 1.97. The summed E-state index contributed by atoms with van der Waals surface area (Å²) in [6.45, 7) is 0. The lowest BCUT2D eigenvalue weighted by atomic mass is 10.1. The van der Waals surface area contributed by atoms with Crippen LogP contribution in [-0.2, 0) is 10.0 Å². The van der Waals surface area contributed by atoms with E-state index in [1.807, 2.05) is 0 Å². The molecule has 0 unspecified atom stereocenters. The number of hydrogen-bond donors (Lipinski definition) is 2. The second-order valence-corrected chi connectivity index (χ2v) is 8.78. The highest BCUT2D eigenvalue weighted by Crippen LogP contribution is 2.38. The van der Waals surface area contributed by atoms with Crippen LogP contribution in [-0.4, -0.2) is 28.5 Å². The van der Waals surface area contributed by atoms with Crippen LogP contribution in [0.4, 0.5) is 5.69 Å². The highest BCUT2D eigenvalue weighted by atomic mass is 35.5. The van der Waals surface area contributed by atoms with Crippen LogP contribution in [0.3, 0.4) is 0 Å². The Hall–Kier alpha value is -2.98. The summed E-state index contributed by atoms with van der Waals surface area (Å²) in [5.74, 6) is 0.705. The third-order valence-corrected chi connectivity index (χ3v) is 5.91. The van der Waals surface area contributed by atoms with Gasteiger partial charge in [0, 0.05) is 17.8 Å². The van der Waals surface area contributed by atoms with E-state index in [4.69, 9.17) is 42.6 Å². The van der Waals surface area contributed by atoms with Crippen molar-refractivity contribution in [3.8, 4) is 23.0 Å². The molecule has 0 saturated heterocycles. The smallest absolute Gasteiger partial charge is 0.259 e. The lowest BCUT2D eigenvalue weighted by Crippen LogP contribution is -2.15. The molecule has 8 nitrogen and oxygen atoms in total. The number of nitrogens with two attached hydrogens (primary N) is 1. The van der Waals surface area contributed by atoms with Crippen LogP contribution in [0.1, 0.15) is 10.4 Å². The Morgan fingerprint density at radius 2 is 1.62 bits per heavy atom. The van der Waals surface area contributed by atoms with E-state index in [2.05, 4.69) is 5.32 Å². The number of nitrogens with one attached hydrogen (secondary N) is 1. The molecule has 0 atom stereocenters. The van der Waals surface area contributed by atoms with E-state index in [1.165, 1.54) is 50.6 Å². The first-order valence-corrected chi connectivity index (χ1v) is 11.3. The first-order valence-electron chi connectivity index (χ1n) is 8.95. The molecule has 3 aromatic carbocycles. The summed E-state index contributed by atoms with van der Waals surface area (Å²) in [6, 6.07) is 13.1. The van der Waals surface area contributed by atoms with Gasteiger partial charge in [0.1, 0.15) is 11.5 Å². The summed E-state index contributed by atoms with van der Waals surface area (Å²) in [4.78, 5) is 12.8. The molecule has 0 heterocycles. The van der Waals surface area contributed by atoms with E-state index in [9.17, 15) is 13.2 Å². The number of methoxy groups -OCH3 is 2. The second kappa shape index (κ2) is 9.66. The molecule has 1 amide bonds. The fraction of sp³-hybridized carbons (Fsp3) is 0.0952. The van der Waals surface area contributed by atoms with Gasteiger partial charge in [-0.15, -0.1) is 0 Å². The molecule has 0 bridgehead atoms. The van der Waals surface area contributed by atoms with Crippen LogP contribution in [0, 0.1) is 0 Å². The number of sulfonamides is 1. The maximum Gasteiger partial charge on any atom is 0.259 e. The van der Waals surface area contributed by atoms with Gasteiger partial charge in [0.15, 0.2) is 11.5 Å². The predicted molar refractivity (Wildman–Crippen MR) is 122 cm³/mol. The molecule has 3 N–H and O–H groups in total. The number of halogens is 2. The van der Waals surface area contributed by atoms with Gasteiger partial charge >= 0.3 is 0 Å². The number of hydrogen-bond acceptors (Lipinski definition) is 6. The summed E-state index contributed by atoms with van der Waals surface area (Å²) in [5, 5.41) is 8.04. The maximum atomic E-state index is 13.0. The maximum absolute atomic E-state index is 13.0. The van der Waals surface area contributed by atoms with Crippen LogP contribution < -0.4 is 24.7 Å². The number of anilines is 1. The molecule has 0 aliphatic heterocycles.